The van der Waals surface area contributed by atoms with Gasteiger partial charge in [0.25, 0.3) is 0 Å². The number of hydrogen-bond donors (Lipinski definition) is 0. The molecule has 1 aromatic heterocycles. The molecule has 0 aliphatic carbocycles. The second-order valence-corrected chi connectivity index (χ2v) is 13.2. The summed E-state index contributed by atoms with van der Waals surface area (Å²) in [5.74, 6) is 0.0425. The predicted molar refractivity (Wildman–Crippen MR) is 171 cm³/mol. The van der Waals surface area contributed by atoms with Crippen molar-refractivity contribution < 1.29 is 59.7 Å². The molecule has 2 unspecified atom stereocenters. The zero-order chi connectivity index (χ0) is 37.0. The first-order chi connectivity index (χ1) is 23.5. The fourth-order valence-corrected chi connectivity index (χ4v) is 7.31. The van der Waals surface area contributed by atoms with Gasteiger partial charge in [-0.3, -0.25) is 9.80 Å². The molecule has 2 aromatic carbocycles. The van der Waals surface area contributed by atoms with Crippen molar-refractivity contribution in [2.75, 3.05) is 32.3 Å². The van der Waals surface area contributed by atoms with Gasteiger partial charge in [-0.2, -0.15) is 26.3 Å². The van der Waals surface area contributed by atoms with E-state index in [0.717, 1.165) is 23.3 Å². The van der Waals surface area contributed by atoms with Crippen LogP contribution in [0.5, 0.6) is 5.75 Å². The number of aromatic nitrogens is 1. The smallest absolute Gasteiger partial charge is 0.416 e. The van der Waals surface area contributed by atoms with Crippen LogP contribution in [0.15, 0.2) is 40.9 Å². The van der Waals surface area contributed by atoms with E-state index in [-0.39, 0.29) is 37.1 Å². The molecule has 50 heavy (non-hydrogen) atoms. The molecule has 3 aromatic rings. The number of amides is 2. The number of benzene rings is 2. The second-order valence-electron chi connectivity index (χ2n) is 10.9. The predicted octanol–water partition coefficient (Wildman–Crippen LogP) is 8.72. The third-order valence-electron chi connectivity index (χ3n) is 7.62. The Morgan fingerprint density at radius 1 is 0.980 bits per heavy atom. The van der Waals surface area contributed by atoms with Gasteiger partial charge in [0.15, 0.2) is 4.34 Å². The van der Waals surface area contributed by atoms with E-state index in [9.17, 15) is 40.7 Å². The molecule has 10 nitrogen and oxygen atoms in total. The first kappa shape index (κ1) is 38.6. The molecule has 18 heteroatoms. The van der Waals surface area contributed by atoms with Crippen molar-refractivity contribution in [2.45, 2.75) is 68.3 Å². The van der Waals surface area contributed by atoms with E-state index < -0.39 is 65.8 Å². The summed E-state index contributed by atoms with van der Waals surface area (Å²) in [5, 5.41) is 0. The molecule has 2 heterocycles. The third kappa shape index (κ3) is 8.75. The van der Waals surface area contributed by atoms with Crippen molar-refractivity contribution in [3.63, 3.8) is 0 Å². The third-order valence-corrected chi connectivity index (χ3v) is 9.80. The number of alkyl halides is 6. The fraction of sp³-hybridized carbons (Fsp3) is 0.438. The minimum absolute atomic E-state index is 0.00888. The summed E-state index contributed by atoms with van der Waals surface area (Å²) in [6.07, 6.45) is -10.5. The summed E-state index contributed by atoms with van der Waals surface area (Å²) in [5.41, 5.74) is -2.33. The lowest BCUT2D eigenvalue weighted by Gasteiger charge is -2.43. The molecular weight excluding hydrogens is 716 g/mol. The maximum absolute atomic E-state index is 13.7. The lowest BCUT2D eigenvalue weighted by atomic mass is 9.89. The number of esters is 1. The van der Waals surface area contributed by atoms with Crippen molar-refractivity contribution in [3.8, 4) is 5.75 Å². The average molecular weight is 750 g/mol. The summed E-state index contributed by atoms with van der Waals surface area (Å²) < 4.78 is 104. The van der Waals surface area contributed by atoms with E-state index in [4.69, 9.17) is 18.9 Å². The SMILES string of the molecule is CCOC(=O)c1cnc(SCc2cc3c(cc2OC)C(N(Cc2cc(C(F)(F)F)cc(C(F)(F)F)c2)C(=O)OC)CC(C)N3C(=O)OCC)s1. The van der Waals surface area contributed by atoms with Gasteiger partial charge >= 0.3 is 30.5 Å². The number of anilines is 1. The van der Waals surface area contributed by atoms with Crippen molar-refractivity contribution in [2.24, 2.45) is 0 Å². The highest BCUT2D eigenvalue weighted by molar-refractivity contribution is 8.00. The number of thiazole rings is 1. The van der Waals surface area contributed by atoms with Gasteiger partial charge in [-0.15, -0.1) is 11.3 Å². The van der Waals surface area contributed by atoms with Crippen LogP contribution in [0.25, 0.3) is 0 Å². The van der Waals surface area contributed by atoms with E-state index in [1.54, 1.807) is 32.9 Å². The van der Waals surface area contributed by atoms with Crippen LogP contribution < -0.4 is 9.64 Å². The Morgan fingerprint density at radius 2 is 1.62 bits per heavy atom. The summed E-state index contributed by atoms with van der Waals surface area (Å²) in [7, 11) is 2.43. The normalized spacial score (nSPS) is 16.0. The van der Waals surface area contributed by atoms with Crippen LogP contribution in [0.2, 0.25) is 0 Å². The molecular formula is C32H33F6N3O7S2. The molecule has 0 saturated carbocycles. The van der Waals surface area contributed by atoms with Gasteiger partial charge in [0.2, 0.25) is 0 Å². The molecule has 0 fully saturated rings. The molecule has 0 radical (unpaired) electrons. The number of halogens is 6. The summed E-state index contributed by atoms with van der Waals surface area (Å²) in [6, 6.07) is 2.65. The lowest BCUT2D eigenvalue weighted by Crippen LogP contribution is -2.47. The maximum Gasteiger partial charge on any atom is 0.416 e. The van der Waals surface area contributed by atoms with Crippen molar-refractivity contribution in [1.29, 1.82) is 0 Å². The number of thioether (sulfide) groups is 1. The Balaban J connectivity index is 1.80. The number of nitrogens with zero attached hydrogens (tertiary/aromatic N) is 3. The molecule has 4 rings (SSSR count). The molecule has 0 bridgehead atoms. The maximum atomic E-state index is 13.7. The first-order valence-electron chi connectivity index (χ1n) is 15.1. The highest BCUT2D eigenvalue weighted by Gasteiger charge is 2.41. The standard InChI is InChI=1S/C32H33F6N3O7S2/c1-6-47-27(42)26-14-39-28(50-26)49-16-19-11-24-22(13-25(19)45-4)23(8-17(3)41(24)30(44)48-7-2)40(29(43)46-5)15-18-9-20(31(33,34)35)12-21(10-18)32(36,37)38/h9-14,17,23H,6-8,15-16H2,1-5H3. The number of carbonyl (C=O) groups is 3. The Morgan fingerprint density at radius 3 is 2.18 bits per heavy atom. The van der Waals surface area contributed by atoms with Gasteiger partial charge in [0.05, 0.1) is 56.5 Å². The molecule has 0 N–H and O–H groups in total. The van der Waals surface area contributed by atoms with Crippen LogP contribution in [-0.2, 0) is 38.9 Å². The number of ether oxygens (including phenoxy) is 4. The van der Waals surface area contributed by atoms with Crippen LogP contribution in [0, 0.1) is 0 Å². The van der Waals surface area contributed by atoms with Crippen molar-refractivity contribution in [3.05, 3.63) is 69.2 Å². The summed E-state index contributed by atoms with van der Waals surface area (Å²) in [4.78, 5) is 45.6. The van der Waals surface area contributed by atoms with Crippen LogP contribution in [0.1, 0.15) is 70.7 Å². The Kier molecular flexibility index (Phi) is 12.2. The van der Waals surface area contributed by atoms with Crippen molar-refractivity contribution >= 4 is 46.9 Å². The first-order valence-corrected chi connectivity index (χ1v) is 16.9. The zero-order valence-corrected chi connectivity index (χ0v) is 29.1. The van der Waals surface area contributed by atoms with Gasteiger partial charge in [-0.05, 0) is 63.1 Å². The summed E-state index contributed by atoms with van der Waals surface area (Å²) in [6.45, 7) is 4.51. The number of fused-ring (bicyclic) bond motifs is 1. The zero-order valence-electron chi connectivity index (χ0n) is 27.4. The average Bonchev–Trinajstić information content (AvgIpc) is 3.54. The number of methoxy groups -OCH3 is 2. The highest BCUT2D eigenvalue weighted by atomic mass is 32.2. The Bertz CT molecular complexity index is 1680. The van der Waals surface area contributed by atoms with Gasteiger partial charge in [0.1, 0.15) is 10.6 Å². The van der Waals surface area contributed by atoms with Crippen LogP contribution in [0.3, 0.4) is 0 Å². The lowest BCUT2D eigenvalue weighted by molar-refractivity contribution is -0.143. The quantitative estimate of drug-likeness (QED) is 0.0871. The van der Waals surface area contributed by atoms with E-state index >= 15 is 0 Å². The topological polar surface area (TPSA) is 108 Å². The molecule has 2 atom stereocenters. The van der Waals surface area contributed by atoms with E-state index in [1.807, 2.05) is 0 Å². The molecule has 272 valence electrons. The van der Waals surface area contributed by atoms with E-state index in [0.29, 0.717) is 38.2 Å². The molecule has 2 amide bonds. The second kappa shape index (κ2) is 15.8. The van der Waals surface area contributed by atoms with Crippen LogP contribution in [0.4, 0.5) is 41.6 Å². The molecule has 1 aliphatic rings. The fourth-order valence-electron chi connectivity index (χ4n) is 5.45. The van der Waals surface area contributed by atoms with Gasteiger partial charge < -0.3 is 18.9 Å². The monoisotopic (exact) mass is 749 g/mol. The van der Waals surface area contributed by atoms with Gasteiger partial charge in [-0.25, -0.2) is 19.4 Å². The molecule has 0 spiro atoms. The molecule has 0 saturated heterocycles. The van der Waals surface area contributed by atoms with E-state index in [2.05, 4.69) is 4.98 Å². The highest BCUT2D eigenvalue weighted by Crippen LogP contribution is 2.46. The number of rotatable bonds is 10. The van der Waals surface area contributed by atoms with Crippen LogP contribution in [-0.4, -0.2) is 61.5 Å². The van der Waals surface area contributed by atoms with Crippen LogP contribution >= 0.6 is 23.1 Å². The van der Waals surface area contributed by atoms with E-state index in [1.165, 1.54) is 30.0 Å². The Hall–Kier alpha value is -4.19. The minimum atomic E-state index is -5.10. The number of hydrogen-bond acceptors (Lipinski definition) is 10. The summed E-state index contributed by atoms with van der Waals surface area (Å²) >= 11 is 2.39. The Labute approximate surface area is 291 Å². The minimum Gasteiger partial charge on any atom is -0.496 e. The van der Waals surface area contributed by atoms with Gasteiger partial charge in [-0.1, -0.05) is 11.8 Å². The van der Waals surface area contributed by atoms with Gasteiger partial charge in [0, 0.05) is 29.5 Å². The largest absolute Gasteiger partial charge is 0.496 e. The molecule has 1 aliphatic heterocycles. The van der Waals surface area contributed by atoms with Crippen molar-refractivity contribution in [1.82, 2.24) is 9.88 Å². The number of carbonyl (C=O) groups excluding carboxylic acids is 3.